The van der Waals surface area contributed by atoms with Gasteiger partial charge in [-0.3, -0.25) is 14.3 Å². The van der Waals surface area contributed by atoms with Gasteiger partial charge in [0, 0.05) is 18.5 Å². The number of amides is 1. The third-order valence-corrected chi connectivity index (χ3v) is 8.70. The minimum atomic E-state index is -1.04. The van der Waals surface area contributed by atoms with E-state index in [1.54, 1.807) is 22.8 Å². The van der Waals surface area contributed by atoms with Crippen LogP contribution in [-0.2, 0) is 0 Å². The van der Waals surface area contributed by atoms with Crippen LogP contribution in [0.1, 0.15) is 54.7 Å². The molecule has 0 unspecified atom stereocenters. The topological polar surface area (TPSA) is 78.7 Å². The van der Waals surface area contributed by atoms with Gasteiger partial charge < -0.3 is 10.0 Å². The summed E-state index contributed by atoms with van der Waals surface area (Å²) in [6.45, 7) is 3.79. The molecule has 1 aliphatic heterocycles. The first-order valence-electron chi connectivity index (χ1n) is 13.4. The van der Waals surface area contributed by atoms with Gasteiger partial charge in [-0.1, -0.05) is 66.2 Å². The van der Waals surface area contributed by atoms with Crippen molar-refractivity contribution in [1.82, 2.24) is 19.4 Å². The van der Waals surface area contributed by atoms with E-state index >= 15 is 0 Å². The van der Waals surface area contributed by atoms with Gasteiger partial charge in [0.15, 0.2) is 0 Å². The molecule has 1 N–H and O–H groups in total. The number of benzene rings is 3. The van der Waals surface area contributed by atoms with Crippen molar-refractivity contribution in [2.75, 3.05) is 26.7 Å². The van der Waals surface area contributed by atoms with Crippen molar-refractivity contribution in [2.45, 2.75) is 37.8 Å². The summed E-state index contributed by atoms with van der Waals surface area (Å²) >= 11 is 6.48. The Morgan fingerprint density at radius 2 is 1.64 bits per heavy atom. The van der Waals surface area contributed by atoms with E-state index in [1.165, 1.54) is 4.90 Å². The maximum Gasteiger partial charge on any atom is 0.407 e. The monoisotopic (exact) mass is 542 g/mol. The van der Waals surface area contributed by atoms with Crippen LogP contribution in [0.4, 0.5) is 4.79 Å². The maximum atomic E-state index is 14.0. The zero-order valence-corrected chi connectivity index (χ0v) is 22.8. The number of carbonyl (C=O) groups is 1. The Morgan fingerprint density at radius 3 is 2.26 bits per heavy atom. The zero-order chi connectivity index (χ0) is 27.3. The van der Waals surface area contributed by atoms with Gasteiger partial charge >= 0.3 is 6.09 Å². The van der Waals surface area contributed by atoms with Gasteiger partial charge in [0.2, 0.25) is 0 Å². The van der Waals surface area contributed by atoms with Gasteiger partial charge in [-0.2, -0.15) is 0 Å². The van der Waals surface area contributed by atoms with Crippen LogP contribution in [-0.4, -0.2) is 57.2 Å². The van der Waals surface area contributed by atoms with Crippen molar-refractivity contribution >= 4 is 28.6 Å². The summed E-state index contributed by atoms with van der Waals surface area (Å²) < 4.78 is 1.73. The van der Waals surface area contributed by atoms with Gasteiger partial charge in [0.25, 0.3) is 5.56 Å². The smallest absolute Gasteiger partial charge is 0.407 e. The second kappa shape index (κ2) is 10.1. The summed E-state index contributed by atoms with van der Waals surface area (Å²) in [5, 5.41) is 11.3. The van der Waals surface area contributed by atoms with Crippen LogP contribution in [0.2, 0.25) is 5.02 Å². The van der Waals surface area contributed by atoms with Crippen molar-refractivity contribution in [1.29, 1.82) is 0 Å². The van der Waals surface area contributed by atoms with Crippen LogP contribution in [0.5, 0.6) is 0 Å². The van der Waals surface area contributed by atoms with Gasteiger partial charge in [-0.25, -0.2) is 9.78 Å². The number of hydrogen-bond acceptors (Lipinski definition) is 4. The normalized spacial score (nSPS) is 16.7. The molecule has 3 aromatic carbocycles. The molecule has 8 heteroatoms. The molecule has 0 bridgehead atoms. The van der Waals surface area contributed by atoms with Gasteiger partial charge in [-0.15, -0.1) is 0 Å². The van der Waals surface area contributed by atoms with E-state index in [0.29, 0.717) is 21.7 Å². The third kappa shape index (κ3) is 4.39. The number of rotatable bonds is 5. The molecule has 200 valence electrons. The van der Waals surface area contributed by atoms with Crippen LogP contribution in [0.25, 0.3) is 22.0 Å². The molecule has 0 spiro atoms. The number of nitrogens with zero attached hydrogens (tertiary/aromatic N) is 4. The number of likely N-dealkylation sites (tertiary alicyclic amines) is 1. The van der Waals surface area contributed by atoms with E-state index in [4.69, 9.17) is 16.6 Å². The Balaban J connectivity index is 1.46. The van der Waals surface area contributed by atoms with E-state index in [1.807, 2.05) is 31.2 Å². The molecular weight excluding hydrogens is 512 g/mol. The molecule has 0 radical (unpaired) electrons. The van der Waals surface area contributed by atoms with Crippen LogP contribution in [0, 0.1) is 0 Å². The number of fused-ring (bicyclic) bond motifs is 4. The summed E-state index contributed by atoms with van der Waals surface area (Å²) in [7, 11) is 2.07. The Hall–Kier alpha value is -3.68. The molecule has 1 aliphatic carbocycles. The molecule has 2 heterocycles. The average molecular weight is 543 g/mol. The molecule has 7 nitrogen and oxygen atoms in total. The van der Waals surface area contributed by atoms with E-state index in [2.05, 4.69) is 36.2 Å². The quantitative estimate of drug-likeness (QED) is 0.326. The van der Waals surface area contributed by atoms with E-state index < -0.39 is 12.1 Å². The van der Waals surface area contributed by atoms with Crippen molar-refractivity contribution in [3.05, 3.63) is 99.1 Å². The third-order valence-electron chi connectivity index (χ3n) is 8.39. The van der Waals surface area contributed by atoms with Crippen LogP contribution >= 0.6 is 11.6 Å². The SMILES string of the molecule is C[C@@H](c1nc2cccc(Cl)c2c(=O)n1C1CCN(C)CC1)N(CC1c2ccccc2-c2ccccc21)C(=O)O. The highest BCUT2D eigenvalue weighted by molar-refractivity contribution is 6.35. The standard InChI is InChI=1S/C31H31ClN4O3/c1-19(35(31(38)39)18-25-23-10-5-3-8-21(23)22-9-4-6-11-24(22)25)29-33-27-13-7-12-26(32)28(27)30(37)36(29)20-14-16-34(2)17-15-20/h3-13,19-20,25H,14-18H2,1-2H3,(H,38,39)/t19-/m0/s1. The summed E-state index contributed by atoms with van der Waals surface area (Å²) in [6, 6.07) is 20.9. The summed E-state index contributed by atoms with van der Waals surface area (Å²) in [6.07, 6.45) is 0.522. The molecule has 4 aromatic rings. The fourth-order valence-corrected chi connectivity index (χ4v) is 6.57. The summed E-state index contributed by atoms with van der Waals surface area (Å²) in [4.78, 5) is 35.4. The lowest BCUT2D eigenvalue weighted by atomic mass is 9.95. The molecule has 6 rings (SSSR count). The lowest BCUT2D eigenvalue weighted by Gasteiger charge is -2.35. The number of aromatic nitrogens is 2. The highest BCUT2D eigenvalue weighted by Crippen LogP contribution is 2.45. The Bertz CT molecular complexity index is 1580. The first-order chi connectivity index (χ1) is 18.8. The molecule has 1 amide bonds. The van der Waals surface area contributed by atoms with Crippen molar-refractivity contribution < 1.29 is 9.90 Å². The molecule has 2 aliphatic rings. The molecule has 39 heavy (non-hydrogen) atoms. The summed E-state index contributed by atoms with van der Waals surface area (Å²) in [5.74, 6) is 0.348. The van der Waals surface area contributed by atoms with E-state index in [9.17, 15) is 14.7 Å². The molecular formula is C31H31ClN4O3. The largest absolute Gasteiger partial charge is 0.465 e. The number of hydrogen-bond donors (Lipinski definition) is 1. The fourth-order valence-electron chi connectivity index (χ4n) is 6.31. The first kappa shape index (κ1) is 25.6. The maximum absolute atomic E-state index is 14.0. The van der Waals surface area contributed by atoms with Crippen LogP contribution in [0.15, 0.2) is 71.5 Å². The minimum Gasteiger partial charge on any atom is -0.465 e. The van der Waals surface area contributed by atoms with Gasteiger partial charge in [-0.05, 0) is 74.3 Å². The van der Waals surface area contributed by atoms with Gasteiger partial charge in [0.1, 0.15) is 5.82 Å². The van der Waals surface area contributed by atoms with Crippen molar-refractivity contribution in [3.8, 4) is 11.1 Å². The van der Waals surface area contributed by atoms with Crippen LogP contribution in [0.3, 0.4) is 0 Å². The Kier molecular flexibility index (Phi) is 6.65. The zero-order valence-electron chi connectivity index (χ0n) is 22.0. The van der Waals surface area contributed by atoms with Crippen LogP contribution < -0.4 is 5.56 Å². The predicted octanol–water partition coefficient (Wildman–Crippen LogP) is 6.17. The predicted molar refractivity (Wildman–Crippen MR) is 154 cm³/mol. The lowest BCUT2D eigenvalue weighted by molar-refractivity contribution is 0.120. The Labute approximate surface area is 232 Å². The minimum absolute atomic E-state index is 0.0806. The van der Waals surface area contributed by atoms with Crippen molar-refractivity contribution in [3.63, 3.8) is 0 Å². The molecule has 1 fully saturated rings. The number of carboxylic acid groups (broad SMARTS) is 1. The molecule has 1 aromatic heterocycles. The highest BCUT2D eigenvalue weighted by atomic mass is 35.5. The number of piperidine rings is 1. The highest BCUT2D eigenvalue weighted by Gasteiger charge is 2.35. The lowest BCUT2D eigenvalue weighted by Crippen LogP contribution is -2.42. The molecule has 1 atom stereocenters. The van der Waals surface area contributed by atoms with E-state index in [0.717, 1.165) is 48.2 Å². The Morgan fingerprint density at radius 1 is 1.03 bits per heavy atom. The second-order valence-electron chi connectivity index (χ2n) is 10.7. The fraction of sp³-hybridized carbons (Fsp3) is 0.323. The summed E-state index contributed by atoms with van der Waals surface area (Å²) in [5.41, 5.74) is 4.78. The molecule has 1 saturated heterocycles. The second-order valence-corrected chi connectivity index (χ2v) is 11.1. The number of halogens is 1. The first-order valence-corrected chi connectivity index (χ1v) is 13.8. The van der Waals surface area contributed by atoms with E-state index in [-0.39, 0.29) is 24.1 Å². The van der Waals surface area contributed by atoms with Gasteiger partial charge in [0.05, 0.1) is 22.0 Å². The average Bonchev–Trinajstić information content (AvgIpc) is 3.25. The van der Waals surface area contributed by atoms with Crippen molar-refractivity contribution in [2.24, 2.45) is 0 Å². The molecule has 0 saturated carbocycles.